The highest BCUT2D eigenvalue weighted by Crippen LogP contribution is 2.37. The monoisotopic (exact) mass is 220 g/mol. The number of phenolic OH excluding ortho intramolecular Hbond substituents is 1. The molecule has 2 rings (SSSR count). The van der Waals surface area contributed by atoms with Gasteiger partial charge in [-0.25, -0.2) is 0 Å². The van der Waals surface area contributed by atoms with Crippen molar-refractivity contribution in [3.05, 3.63) is 29.3 Å². The van der Waals surface area contributed by atoms with Crippen molar-refractivity contribution in [2.75, 3.05) is 0 Å². The maximum Gasteiger partial charge on any atom is 0.119 e. The van der Waals surface area contributed by atoms with E-state index < -0.39 is 0 Å². The molecule has 0 aliphatic carbocycles. The van der Waals surface area contributed by atoms with Crippen LogP contribution in [0.1, 0.15) is 43.7 Å². The second-order valence-corrected chi connectivity index (χ2v) is 4.82. The molecule has 3 unspecified atom stereocenters. The molecule has 0 bridgehead atoms. The lowest BCUT2D eigenvalue weighted by atomic mass is 9.93. The number of ether oxygens (including phenoxy) is 1. The summed E-state index contributed by atoms with van der Waals surface area (Å²) in [6, 6.07) is 5.80. The number of hydrogen-bond acceptors (Lipinski definition) is 2. The van der Waals surface area contributed by atoms with Crippen molar-refractivity contribution in [2.24, 2.45) is 0 Å². The predicted octanol–water partition coefficient (Wildman–Crippen LogP) is 3.37. The largest absolute Gasteiger partial charge is 0.508 e. The molecule has 1 heterocycles. The third kappa shape index (κ3) is 2.38. The summed E-state index contributed by atoms with van der Waals surface area (Å²) in [6.45, 7) is 6.36. The molecule has 1 aromatic rings. The lowest BCUT2D eigenvalue weighted by Gasteiger charge is -2.13. The molecule has 88 valence electrons. The van der Waals surface area contributed by atoms with E-state index in [1.807, 2.05) is 6.07 Å². The third-order valence-electron chi connectivity index (χ3n) is 3.39. The normalized spacial score (nSPS) is 25.4. The van der Waals surface area contributed by atoms with Crippen molar-refractivity contribution in [1.29, 1.82) is 0 Å². The molecule has 1 aromatic carbocycles. The van der Waals surface area contributed by atoms with E-state index in [1.165, 1.54) is 5.56 Å². The lowest BCUT2D eigenvalue weighted by molar-refractivity contribution is 0.351. The standard InChI is InChI=1S/C14H20O2/c1-4-13-14(16-13)8-10(3)11-7-9(2)5-6-12(11)15/h5-7,10,13-15H,4,8H2,1-3H3. The zero-order valence-corrected chi connectivity index (χ0v) is 10.2. The number of benzene rings is 1. The van der Waals surface area contributed by atoms with Crippen LogP contribution in [0.5, 0.6) is 5.75 Å². The summed E-state index contributed by atoms with van der Waals surface area (Å²) in [5.41, 5.74) is 2.24. The maximum absolute atomic E-state index is 9.82. The average molecular weight is 220 g/mol. The van der Waals surface area contributed by atoms with Gasteiger partial charge in [-0.3, -0.25) is 0 Å². The highest BCUT2D eigenvalue weighted by molar-refractivity contribution is 5.38. The van der Waals surface area contributed by atoms with Crippen molar-refractivity contribution in [3.8, 4) is 5.75 Å². The first-order valence-corrected chi connectivity index (χ1v) is 6.06. The quantitative estimate of drug-likeness (QED) is 0.789. The van der Waals surface area contributed by atoms with Crippen LogP contribution in [0.25, 0.3) is 0 Å². The van der Waals surface area contributed by atoms with Gasteiger partial charge in [0.25, 0.3) is 0 Å². The topological polar surface area (TPSA) is 32.8 Å². The fraction of sp³-hybridized carbons (Fsp3) is 0.571. The van der Waals surface area contributed by atoms with Gasteiger partial charge in [-0.15, -0.1) is 0 Å². The molecule has 3 atom stereocenters. The van der Waals surface area contributed by atoms with E-state index >= 15 is 0 Å². The zero-order chi connectivity index (χ0) is 11.7. The molecule has 0 spiro atoms. The fourth-order valence-electron chi connectivity index (χ4n) is 2.29. The molecule has 0 amide bonds. The summed E-state index contributed by atoms with van der Waals surface area (Å²) >= 11 is 0. The van der Waals surface area contributed by atoms with Crippen molar-refractivity contribution in [1.82, 2.24) is 0 Å². The van der Waals surface area contributed by atoms with Crippen molar-refractivity contribution < 1.29 is 9.84 Å². The smallest absolute Gasteiger partial charge is 0.119 e. The Balaban J connectivity index is 2.03. The minimum absolute atomic E-state index is 0.362. The molecule has 0 saturated carbocycles. The fourth-order valence-corrected chi connectivity index (χ4v) is 2.29. The van der Waals surface area contributed by atoms with Gasteiger partial charge in [-0.05, 0) is 37.3 Å². The third-order valence-corrected chi connectivity index (χ3v) is 3.39. The molecule has 1 saturated heterocycles. The molecule has 0 aromatic heterocycles. The van der Waals surface area contributed by atoms with Crippen LogP contribution in [0.2, 0.25) is 0 Å². The molecule has 16 heavy (non-hydrogen) atoms. The summed E-state index contributed by atoms with van der Waals surface area (Å²) in [5.74, 6) is 0.772. The van der Waals surface area contributed by atoms with Gasteiger partial charge in [0.1, 0.15) is 5.75 Å². The molecule has 1 N–H and O–H groups in total. The first-order valence-electron chi connectivity index (χ1n) is 6.06. The Bertz CT molecular complexity index is 373. The molecular formula is C14H20O2. The SMILES string of the molecule is CCC1OC1CC(C)c1cc(C)ccc1O. The van der Waals surface area contributed by atoms with E-state index in [9.17, 15) is 5.11 Å². The molecule has 1 aliphatic rings. The summed E-state index contributed by atoms with van der Waals surface area (Å²) in [5, 5.41) is 9.82. The van der Waals surface area contributed by atoms with E-state index in [-0.39, 0.29) is 0 Å². The second kappa shape index (κ2) is 4.46. The summed E-state index contributed by atoms with van der Waals surface area (Å²) in [7, 11) is 0. The van der Waals surface area contributed by atoms with Crippen LogP contribution in [-0.4, -0.2) is 17.3 Å². The van der Waals surface area contributed by atoms with Crippen LogP contribution >= 0.6 is 0 Å². The Labute approximate surface area is 97.3 Å². The number of aryl methyl sites for hydroxylation is 1. The summed E-state index contributed by atoms with van der Waals surface area (Å²) in [4.78, 5) is 0. The molecule has 2 heteroatoms. The average Bonchev–Trinajstić information content (AvgIpc) is 3.00. The molecular weight excluding hydrogens is 200 g/mol. The number of epoxide rings is 1. The molecule has 1 aliphatic heterocycles. The number of phenols is 1. The van der Waals surface area contributed by atoms with E-state index in [0.29, 0.717) is 23.9 Å². The number of rotatable bonds is 4. The van der Waals surface area contributed by atoms with Crippen LogP contribution in [0, 0.1) is 6.92 Å². The van der Waals surface area contributed by atoms with Crippen molar-refractivity contribution >= 4 is 0 Å². The zero-order valence-electron chi connectivity index (χ0n) is 10.2. The summed E-state index contributed by atoms with van der Waals surface area (Å²) in [6.07, 6.45) is 2.96. The number of aromatic hydroxyl groups is 1. The molecule has 1 fully saturated rings. The van der Waals surface area contributed by atoms with Gasteiger partial charge in [-0.2, -0.15) is 0 Å². The van der Waals surface area contributed by atoms with E-state index in [4.69, 9.17) is 4.74 Å². The lowest BCUT2D eigenvalue weighted by Crippen LogP contribution is -2.01. The first-order chi connectivity index (χ1) is 7.61. The molecule has 2 nitrogen and oxygen atoms in total. The van der Waals surface area contributed by atoms with Gasteiger partial charge in [-0.1, -0.05) is 31.5 Å². The number of hydrogen-bond donors (Lipinski definition) is 1. The second-order valence-electron chi connectivity index (χ2n) is 4.82. The van der Waals surface area contributed by atoms with Crippen LogP contribution < -0.4 is 0 Å². The minimum Gasteiger partial charge on any atom is -0.508 e. The van der Waals surface area contributed by atoms with Crippen molar-refractivity contribution in [3.63, 3.8) is 0 Å². The Morgan fingerprint density at radius 3 is 2.75 bits per heavy atom. The van der Waals surface area contributed by atoms with Crippen LogP contribution in [0.3, 0.4) is 0 Å². The highest BCUT2D eigenvalue weighted by atomic mass is 16.6. The highest BCUT2D eigenvalue weighted by Gasteiger charge is 2.38. The van der Waals surface area contributed by atoms with E-state index in [1.54, 1.807) is 6.07 Å². The van der Waals surface area contributed by atoms with Crippen LogP contribution in [0.4, 0.5) is 0 Å². The summed E-state index contributed by atoms with van der Waals surface area (Å²) < 4.78 is 5.55. The van der Waals surface area contributed by atoms with Crippen molar-refractivity contribution in [2.45, 2.75) is 51.7 Å². The Morgan fingerprint density at radius 1 is 1.38 bits per heavy atom. The Morgan fingerprint density at radius 2 is 2.12 bits per heavy atom. The van der Waals surface area contributed by atoms with E-state index in [0.717, 1.165) is 18.4 Å². The first kappa shape index (κ1) is 11.5. The van der Waals surface area contributed by atoms with Gasteiger partial charge >= 0.3 is 0 Å². The van der Waals surface area contributed by atoms with E-state index in [2.05, 4.69) is 26.8 Å². The van der Waals surface area contributed by atoms with Crippen LogP contribution in [-0.2, 0) is 4.74 Å². The maximum atomic E-state index is 9.82. The van der Waals surface area contributed by atoms with Gasteiger partial charge in [0, 0.05) is 0 Å². The van der Waals surface area contributed by atoms with Gasteiger partial charge < -0.3 is 9.84 Å². The Hall–Kier alpha value is -1.02. The Kier molecular flexibility index (Phi) is 3.20. The minimum atomic E-state index is 0.362. The van der Waals surface area contributed by atoms with Gasteiger partial charge in [0.15, 0.2) is 0 Å². The van der Waals surface area contributed by atoms with Gasteiger partial charge in [0.05, 0.1) is 12.2 Å². The molecule has 0 radical (unpaired) electrons. The predicted molar refractivity (Wildman–Crippen MR) is 64.8 cm³/mol. The van der Waals surface area contributed by atoms with Gasteiger partial charge in [0.2, 0.25) is 0 Å². The van der Waals surface area contributed by atoms with Crippen LogP contribution in [0.15, 0.2) is 18.2 Å².